The summed E-state index contributed by atoms with van der Waals surface area (Å²) in [5, 5.41) is 3.00. The van der Waals surface area contributed by atoms with E-state index in [9.17, 15) is 4.79 Å². The number of aryl methyl sites for hydroxylation is 2. The van der Waals surface area contributed by atoms with Crippen LogP contribution >= 0.6 is 0 Å². The zero-order chi connectivity index (χ0) is 20.2. The van der Waals surface area contributed by atoms with Gasteiger partial charge >= 0.3 is 0 Å². The minimum Gasteiger partial charge on any atom is -0.492 e. The number of amides is 1. The molecular weight excluding hydrogens is 364 g/mol. The van der Waals surface area contributed by atoms with Crippen molar-refractivity contribution in [2.75, 3.05) is 13.2 Å². The van der Waals surface area contributed by atoms with Crippen LogP contribution in [-0.4, -0.2) is 24.0 Å². The van der Waals surface area contributed by atoms with Crippen molar-refractivity contribution in [1.82, 2.24) is 10.2 Å². The highest BCUT2D eigenvalue weighted by Crippen LogP contribution is 2.25. The summed E-state index contributed by atoms with van der Waals surface area (Å²) in [6.07, 6.45) is 0. The standard InChI is InChI=1S/C24H26N2O3/c1-17-3-6-19(7-4-17)14-25-24(27)20-8-10-23-21(13-20)15-26(11-12-28-23)16-22-9-5-18(2)29-22/h3-10,13H,11-12,14-16H2,1-2H3,(H,25,27). The van der Waals surface area contributed by atoms with Gasteiger partial charge in [-0.25, -0.2) is 0 Å². The largest absolute Gasteiger partial charge is 0.492 e. The third-order valence-corrected chi connectivity index (χ3v) is 5.13. The molecule has 0 saturated heterocycles. The molecule has 0 bridgehead atoms. The molecule has 1 aliphatic rings. The summed E-state index contributed by atoms with van der Waals surface area (Å²) >= 11 is 0. The molecule has 1 amide bonds. The van der Waals surface area contributed by atoms with Crippen LogP contribution in [0.5, 0.6) is 5.75 Å². The van der Waals surface area contributed by atoms with Crippen molar-refractivity contribution in [3.63, 3.8) is 0 Å². The fraction of sp³-hybridized carbons (Fsp3) is 0.292. The number of carbonyl (C=O) groups is 1. The molecule has 0 fully saturated rings. The molecule has 150 valence electrons. The van der Waals surface area contributed by atoms with Crippen LogP contribution in [0.25, 0.3) is 0 Å². The van der Waals surface area contributed by atoms with E-state index < -0.39 is 0 Å². The Morgan fingerprint density at radius 1 is 1.07 bits per heavy atom. The van der Waals surface area contributed by atoms with Gasteiger partial charge in [-0.05, 0) is 49.7 Å². The van der Waals surface area contributed by atoms with E-state index in [1.165, 1.54) is 5.56 Å². The van der Waals surface area contributed by atoms with Gasteiger partial charge in [0.1, 0.15) is 23.9 Å². The lowest BCUT2D eigenvalue weighted by Crippen LogP contribution is -2.25. The molecule has 0 radical (unpaired) electrons. The predicted molar refractivity (Wildman–Crippen MR) is 112 cm³/mol. The van der Waals surface area contributed by atoms with E-state index in [4.69, 9.17) is 9.15 Å². The Labute approximate surface area is 171 Å². The van der Waals surface area contributed by atoms with Crippen LogP contribution in [0, 0.1) is 13.8 Å². The summed E-state index contributed by atoms with van der Waals surface area (Å²) in [7, 11) is 0. The molecule has 3 aromatic rings. The third kappa shape index (κ3) is 4.87. The van der Waals surface area contributed by atoms with Gasteiger partial charge < -0.3 is 14.5 Å². The number of hydrogen-bond donors (Lipinski definition) is 1. The van der Waals surface area contributed by atoms with Crippen LogP contribution in [0.15, 0.2) is 59.0 Å². The second-order valence-electron chi connectivity index (χ2n) is 7.56. The Morgan fingerprint density at radius 3 is 2.66 bits per heavy atom. The molecule has 1 N–H and O–H groups in total. The average molecular weight is 390 g/mol. The van der Waals surface area contributed by atoms with Crippen LogP contribution in [0.1, 0.15) is 38.6 Å². The number of ether oxygens (including phenoxy) is 1. The summed E-state index contributed by atoms with van der Waals surface area (Å²) in [6, 6.07) is 17.8. The van der Waals surface area contributed by atoms with Gasteiger partial charge in [-0.15, -0.1) is 0 Å². The van der Waals surface area contributed by atoms with Gasteiger partial charge in [-0.3, -0.25) is 9.69 Å². The first-order chi connectivity index (χ1) is 14.1. The smallest absolute Gasteiger partial charge is 0.251 e. The monoisotopic (exact) mass is 390 g/mol. The molecule has 4 rings (SSSR count). The lowest BCUT2D eigenvalue weighted by Gasteiger charge is -2.18. The number of hydrogen-bond acceptors (Lipinski definition) is 4. The second kappa shape index (κ2) is 8.53. The Kier molecular flexibility index (Phi) is 5.67. The first kappa shape index (κ1) is 19.3. The first-order valence-corrected chi connectivity index (χ1v) is 9.94. The van der Waals surface area contributed by atoms with Gasteiger partial charge in [0.05, 0.1) is 6.54 Å². The summed E-state index contributed by atoms with van der Waals surface area (Å²) in [6.45, 7) is 7.38. The molecule has 0 spiro atoms. The second-order valence-corrected chi connectivity index (χ2v) is 7.56. The van der Waals surface area contributed by atoms with E-state index in [2.05, 4.69) is 29.3 Å². The Bertz CT molecular complexity index is 992. The van der Waals surface area contributed by atoms with Gasteiger partial charge in [-0.1, -0.05) is 29.8 Å². The SMILES string of the molecule is Cc1ccc(CNC(=O)c2ccc3c(c2)CN(Cc2ccc(C)o2)CCO3)cc1. The van der Waals surface area contributed by atoms with Crippen LogP contribution < -0.4 is 10.1 Å². The Morgan fingerprint density at radius 2 is 1.90 bits per heavy atom. The summed E-state index contributed by atoms with van der Waals surface area (Å²) in [5.74, 6) is 2.63. The zero-order valence-corrected chi connectivity index (χ0v) is 16.9. The molecule has 2 aromatic carbocycles. The van der Waals surface area contributed by atoms with Gasteiger partial charge in [0.25, 0.3) is 5.91 Å². The fourth-order valence-electron chi connectivity index (χ4n) is 3.51. The van der Waals surface area contributed by atoms with E-state index in [1.807, 2.05) is 49.4 Å². The minimum atomic E-state index is -0.0779. The quantitative estimate of drug-likeness (QED) is 0.709. The van der Waals surface area contributed by atoms with Crippen molar-refractivity contribution in [2.24, 2.45) is 0 Å². The maximum absolute atomic E-state index is 12.7. The molecule has 2 heterocycles. The zero-order valence-electron chi connectivity index (χ0n) is 16.9. The molecule has 5 nitrogen and oxygen atoms in total. The van der Waals surface area contributed by atoms with Crippen molar-refractivity contribution in [3.8, 4) is 5.75 Å². The van der Waals surface area contributed by atoms with E-state index >= 15 is 0 Å². The molecule has 1 aliphatic heterocycles. The first-order valence-electron chi connectivity index (χ1n) is 9.94. The van der Waals surface area contributed by atoms with Gasteiger partial charge in [0.15, 0.2) is 0 Å². The summed E-state index contributed by atoms with van der Waals surface area (Å²) < 4.78 is 11.6. The van der Waals surface area contributed by atoms with Crippen LogP contribution in [0.2, 0.25) is 0 Å². The van der Waals surface area contributed by atoms with Crippen molar-refractivity contribution < 1.29 is 13.9 Å². The summed E-state index contributed by atoms with van der Waals surface area (Å²) in [5.41, 5.74) is 3.96. The van der Waals surface area contributed by atoms with Gasteiger partial charge in [0.2, 0.25) is 0 Å². The van der Waals surface area contributed by atoms with Crippen LogP contribution in [-0.2, 0) is 19.6 Å². The van der Waals surface area contributed by atoms with E-state index in [0.29, 0.717) is 25.3 Å². The number of carbonyl (C=O) groups excluding carboxylic acids is 1. The number of fused-ring (bicyclic) bond motifs is 1. The third-order valence-electron chi connectivity index (χ3n) is 5.13. The number of rotatable bonds is 5. The van der Waals surface area contributed by atoms with Crippen molar-refractivity contribution in [2.45, 2.75) is 33.5 Å². The molecule has 5 heteroatoms. The van der Waals surface area contributed by atoms with Crippen molar-refractivity contribution in [1.29, 1.82) is 0 Å². The maximum atomic E-state index is 12.7. The number of nitrogens with one attached hydrogen (secondary N) is 1. The van der Waals surface area contributed by atoms with Gasteiger partial charge in [0, 0.05) is 30.8 Å². The van der Waals surface area contributed by atoms with E-state index in [-0.39, 0.29) is 5.91 Å². The Balaban J connectivity index is 1.43. The highest BCUT2D eigenvalue weighted by molar-refractivity contribution is 5.94. The minimum absolute atomic E-state index is 0.0779. The van der Waals surface area contributed by atoms with Crippen LogP contribution in [0.3, 0.4) is 0 Å². The lowest BCUT2D eigenvalue weighted by molar-refractivity contribution is 0.0950. The average Bonchev–Trinajstić information content (AvgIpc) is 3.01. The highest BCUT2D eigenvalue weighted by Gasteiger charge is 2.18. The maximum Gasteiger partial charge on any atom is 0.251 e. The fourth-order valence-corrected chi connectivity index (χ4v) is 3.51. The lowest BCUT2D eigenvalue weighted by atomic mass is 10.1. The number of furan rings is 1. The molecule has 1 aromatic heterocycles. The predicted octanol–water partition coefficient (Wildman–Crippen LogP) is 4.22. The molecule has 29 heavy (non-hydrogen) atoms. The highest BCUT2D eigenvalue weighted by atomic mass is 16.5. The normalized spacial score (nSPS) is 14.0. The molecule has 0 atom stereocenters. The van der Waals surface area contributed by atoms with Gasteiger partial charge in [-0.2, -0.15) is 0 Å². The van der Waals surface area contributed by atoms with Crippen LogP contribution in [0.4, 0.5) is 0 Å². The number of nitrogens with zero attached hydrogens (tertiary/aromatic N) is 1. The molecule has 0 aliphatic carbocycles. The van der Waals surface area contributed by atoms with Crippen molar-refractivity contribution >= 4 is 5.91 Å². The molecule has 0 unspecified atom stereocenters. The molecular formula is C24H26N2O3. The van der Waals surface area contributed by atoms with Crippen molar-refractivity contribution in [3.05, 3.63) is 88.4 Å². The summed E-state index contributed by atoms with van der Waals surface area (Å²) in [4.78, 5) is 14.9. The van der Waals surface area contributed by atoms with E-state index in [0.717, 1.165) is 41.5 Å². The Hall–Kier alpha value is -3.05. The number of benzene rings is 2. The topological polar surface area (TPSA) is 54.7 Å². The molecule has 0 saturated carbocycles. The van der Waals surface area contributed by atoms with E-state index in [1.54, 1.807) is 0 Å².